The van der Waals surface area contributed by atoms with Gasteiger partial charge in [-0.2, -0.15) is 5.10 Å². The van der Waals surface area contributed by atoms with E-state index in [1.165, 1.54) is 4.57 Å². The summed E-state index contributed by atoms with van der Waals surface area (Å²) in [6.45, 7) is 0.728. The number of rotatable bonds is 3. The minimum atomic E-state index is -0.247. The number of hydrogen-bond acceptors (Lipinski definition) is 5. The van der Waals surface area contributed by atoms with E-state index in [2.05, 4.69) is 20.2 Å². The number of aromatic amines is 2. The van der Waals surface area contributed by atoms with Gasteiger partial charge in [-0.3, -0.25) is 5.10 Å². The number of nitrogens with one attached hydrogen (secondary N) is 2. The normalized spacial score (nSPS) is 16.4. The first-order chi connectivity index (χ1) is 13.2. The van der Waals surface area contributed by atoms with Crippen LogP contribution in [0.25, 0.3) is 16.9 Å². The minimum absolute atomic E-state index is 0.122. The average molecular weight is 361 g/mol. The molecule has 1 saturated carbocycles. The van der Waals surface area contributed by atoms with Gasteiger partial charge in [-0.25, -0.2) is 14.3 Å². The Kier molecular flexibility index (Phi) is 2.70. The van der Waals surface area contributed by atoms with Crippen LogP contribution in [0.3, 0.4) is 0 Å². The quantitative estimate of drug-likeness (QED) is 0.585. The molecule has 1 spiro atoms. The molecule has 0 saturated heterocycles. The third-order valence-corrected chi connectivity index (χ3v) is 5.36. The van der Waals surface area contributed by atoms with Gasteiger partial charge < -0.3 is 14.5 Å². The number of hydrogen-bond donors (Lipinski definition) is 2. The van der Waals surface area contributed by atoms with Gasteiger partial charge in [-0.05, 0) is 31.0 Å². The lowest BCUT2D eigenvalue weighted by Gasteiger charge is -2.12. The summed E-state index contributed by atoms with van der Waals surface area (Å²) in [7, 11) is 0. The molecule has 0 unspecified atom stereocenters. The van der Waals surface area contributed by atoms with Crippen molar-refractivity contribution in [2.24, 2.45) is 0 Å². The third-order valence-electron chi connectivity index (χ3n) is 5.36. The second-order valence-corrected chi connectivity index (χ2v) is 7.05. The molecule has 0 bridgehead atoms. The van der Waals surface area contributed by atoms with Crippen molar-refractivity contribution in [2.75, 3.05) is 6.61 Å². The van der Waals surface area contributed by atoms with Crippen molar-refractivity contribution < 1.29 is 9.47 Å². The molecule has 0 radical (unpaired) electrons. The van der Waals surface area contributed by atoms with Crippen LogP contribution in [0.15, 0.2) is 47.5 Å². The zero-order chi connectivity index (χ0) is 18.0. The second kappa shape index (κ2) is 5.00. The van der Waals surface area contributed by atoms with Crippen molar-refractivity contribution in [3.63, 3.8) is 0 Å². The lowest BCUT2D eigenvalue weighted by Crippen LogP contribution is -2.15. The van der Waals surface area contributed by atoms with E-state index in [0.29, 0.717) is 22.7 Å². The number of aromatic nitrogens is 5. The first kappa shape index (κ1) is 14.6. The second-order valence-electron chi connectivity index (χ2n) is 7.05. The van der Waals surface area contributed by atoms with Crippen molar-refractivity contribution in [1.82, 2.24) is 24.7 Å². The highest BCUT2D eigenvalue weighted by Crippen LogP contribution is 2.58. The first-order valence-corrected chi connectivity index (χ1v) is 8.78. The smallest absolute Gasteiger partial charge is 0.332 e. The van der Waals surface area contributed by atoms with Crippen LogP contribution in [0, 0.1) is 0 Å². The summed E-state index contributed by atoms with van der Waals surface area (Å²) in [6.07, 6.45) is 5.44. The zero-order valence-corrected chi connectivity index (χ0v) is 14.2. The number of fused-ring (bicyclic) bond motifs is 3. The van der Waals surface area contributed by atoms with Gasteiger partial charge in [0.05, 0.1) is 24.7 Å². The number of H-pyrrole nitrogens is 2. The van der Waals surface area contributed by atoms with Gasteiger partial charge in [0.1, 0.15) is 17.0 Å². The number of imidazole rings is 1. The molecule has 134 valence electrons. The molecule has 8 heteroatoms. The Bertz CT molecular complexity index is 1230. The zero-order valence-electron chi connectivity index (χ0n) is 14.2. The maximum absolute atomic E-state index is 12.2. The predicted octanol–water partition coefficient (Wildman–Crippen LogP) is 2.65. The molecule has 4 heterocycles. The summed E-state index contributed by atoms with van der Waals surface area (Å²) in [5, 5.41) is 6.76. The molecule has 0 amide bonds. The van der Waals surface area contributed by atoms with E-state index in [4.69, 9.17) is 9.47 Å². The lowest BCUT2D eigenvalue weighted by molar-refractivity contribution is 0.323. The molecule has 1 fully saturated rings. The molecule has 6 rings (SSSR count). The molecular formula is C19H15N5O3. The first-order valence-electron chi connectivity index (χ1n) is 8.78. The number of ether oxygens (including phenoxy) is 2. The van der Waals surface area contributed by atoms with E-state index in [0.717, 1.165) is 36.5 Å². The van der Waals surface area contributed by atoms with Crippen LogP contribution < -0.4 is 15.2 Å². The Morgan fingerprint density at radius 1 is 1.19 bits per heavy atom. The van der Waals surface area contributed by atoms with E-state index in [9.17, 15) is 4.79 Å². The summed E-state index contributed by atoms with van der Waals surface area (Å²) < 4.78 is 13.4. The van der Waals surface area contributed by atoms with Crippen LogP contribution in [0.2, 0.25) is 0 Å². The van der Waals surface area contributed by atoms with Gasteiger partial charge in [0, 0.05) is 17.0 Å². The van der Waals surface area contributed by atoms with E-state index >= 15 is 0 Å². The topological polar surface area (TPSA) is 97.8 Å². The highest BCUT2D eigenvalue weighted by molar-refractivity contribution is 5.71. The monoisotopic (exact) mass is 361 g/mol. The summed E-state index contributed by atoms with van der Waals surface area (Å²) >= 11 is 0. The molecule has 1 aliphatic carbocycles. The summed E-state index contributed by atoms with van der Waals surface area (Å²) in [6, 6.07) is 9.42. The average Bonchev–Trinajstić information content (AvgIpc) is 2.99. The summed E-state index contributed by atoms with van der Waals surface area (Å²) in [4.78, 5) is 19.3. The highest BCUT2D eigenvalue weighted by atomic mass is 16.5. The van der Waals surface area contributed by atoms with Crippen molar-refractivity contribution in [1.29, 1.82) is 0 Å². The standard InChI is InChI=1S/C19H15N5O3/c25-18-22-12-9-21-23-17(12)24(18)11-4-5-15(20-8-11)27-14-3-1-2-13-16(14)19(6-7-19)10-26-13/h1-5,8-9H,6-7,10H2,(H,21,23)(H,22,25). The molecule has 1 aromatic carbocycles. The Morgan fingerprint density at radius 3 is 2.93 bits per heavy atom. The van der Waals surface area contributed by atoms with Crippen LogP contribution >= 0.6 is 0 Å². The Hall–Kier alpha value is -3.55. The van der Waals surface area contributed by atoms with E-state index < -0.39 is 0 Å². The fourth-order valence-corrected chi connectivity index (χ4v) is 3.81. The number of nitrogens with zero attached hydrogens (tertiary/aromatic N) is 3. The van der Waals surface area contributed by atoms with Crippen molar-refractivity contribution in [2.45, 2.75) is 18.3 Å². The lowest BCUT2D eigenvalue weighted by atomic mass is 9.97. The Labute approximate surface area is 152 Å². The van der Waals surface area contributed by atoms with Crippen LogP contribution in [0.1, 0.15) is 18.4 Å². The van der Waals surface area contributed by atoms with Gasteiger partial charge >= 0.3 is 5.69 Å². The predicted molar refractivity (Wildman–Crippen MR) is 96.8 cm³/mol. The van der Waals surface area contributed by atoms with Gasteiger partial charge in [0.25, 0.3) is 0 Å². The SMILES string of the molecule is O=c1[nH]c2cn[nH]c2n1-c1ccc(Oc2cccc3c2C2(CC2)CO3)nc1. The molecule has 4 aromatic rings. The van der Waals surface area contributed by atoms with Gasteiger partial charge in [-0.15, -0.1) is 0 Å². The van der Waals surface area contributed by atoms with Gasteiger partial charge in [-0.1, -0.05) is 6.07 Å². The van der Waals surface area contributed by atoms with Crippen molar-refractivity contribution in [3.8, 4) is 23.1 Å². The molecular weight excluding hydrogens is 346 g/mol. The summed E-state index contributed by atoms with van der Waals surface area (Å²) in [5.74, 6) is 2.17. The van der Waals surface area contributed by atoms with E-state index in [1.54, 1.807) is 24.5 Å². The third kappa shape index (κ3) is 2.06. The maximum Gasteiger partial charge on any atom is 0.332 e. The molecule has 2 N–H and O–H groups in total. The molecule has 2 aliphatic rings. The van der Waals surface area contributed by atoms with Gasteiger partial charge in [0.15, 0.2) is 5.65 Å². The van der Waals surface area contributed by atoms with Crippen LogP contribution in [-0.4, -0.2) is 31.3 Å². The Morgan fingerprint density at radius 2 is 2.11 bits per heavy atom. The number of pyridine rings is 1. The number of benzene rings is 1. The fourth-order valence-electron chi connectivity index (χ4n) is 3.81. The largest absolute Gasteiger partial charge is 0.492 e. The molecule has 0 atom stereocenters. The minimum Gasteiger partial charge on any atom is -0.492 e. The molecule has 1 aliphatic heterocycles. The highest BCUT2D eigenvalue weighted by Gasteiger charge is 2.52. The molecule has 8 nitrogen and oxygen atoms in total. The summed E-state index contributed by atoms with van der Waals surface area (Å²) in [5.41, 5.74) is 2.90. The van der Waals surface area contributed by atoms with E-state index in [-0.39, 0.29) is 11.1 Å². The van der Waals surface area contributed by atoms with Gasteiger partial charge in [0.2, 0.25) is 5.88 Å². The van der Waals surface area contributed by atoms with Crippen molar-refractivity contribution in [3.05, 3.63) is 58.8 Å². The molecule has 27 heavy (non-hydrogen) atoms. The van der Waals surface area contributed by atoms with E-state index in [1.807, 2.05) is 18.2 Å². The van der Waals surface area contributed by atoms with Crippen molar-refractivity contribution >= 4 is 11.2 Å². The molecule has 3 aromatic heterocycles. The van der Waals surface area contributed by atoms with Crippen LogP contribution in [0.5, 0.6) is 17.4 Å². The Balaban J connectivity index is 1.35. The van der Waals surface area contributed by atoms with Crippen LogP contribution in [0.4, 0.5) is 0 Å². The van der Waals surface area contributed by atoms with Crippen LogP contribution in [-0.2, 0) is 5.41 Å². The fraction of sp³-hybridized carbons (Fsp3) is 0.211. The maximum atomic E-state index is 12.2.